The van der Waals surface area contributed by atoms with Crippen LogP contribution in [0, 0.1) is 0 Å². The fraction of sp³-hybridized carbons (Fsp3) is 0.167. The Bertz CT molecular complexity index is 666. The number of hydrogen-bond donors (Lipinski definition) is 2. The van der Waals surface area contributed by atoms with E-state index in [-0.39, 0.29) is 16.8 Å². The van der Waals surface area contributed by atoms with Crippen LogP contribution in [0.3, 0.4) is 0 Å². The van der Waals surface area contributed by atoms with E-state index in [1.54, 1.807) is 6.07 Å². The minimum atomic E-state index is -3.05. The van der Waals surface area contributed by atoms with Gasteiger partial charge in [-0.25, -0.2) is 9.48 Å². The number of rotatable bonds is 3. The van der Waals surface area contributed by atoms with E-state index in [0.717, 1.165) is 6.07 Å². The Morgan fingerprint density at radius 3 is 3.06 bits per heavy atom. The molecule has 0 spiro atoms. The number of hydrogen-bond acceptors (Lipinski definition) is 3. The van der Waals surface area contributed by atoms with Crippen molar-refractivity contribution in [1.82, 2.24) is 9.78 Å². The molecule has 0 aliphatic carbocycles. The second-order valence-corrected chi connectivity index (χ2v) is 3.34. The lowest BCUT2D eigenvalue weighted by molar-refractivity contribution is 0.0696. The van der Waals surface area contributed by atoms with Gasteiger partial charge in [0, 0.05) is 22.1 Å². The number of carbonyl (C=O) groups is 1. The molecule has 17 heavy (non-hydrogen) atoms. The van der Waals surface area contributed by atoms with Gasteiger partial charge in [-0.3, -0.25) is 0 Å². The summed E-state index contributed by atoms with van der Waals surface area (Å²) in [5, 5.41) is 23.0. The molecule has 1 unspecified atom stereocenters. The molecular formula is C12H12N2O3. The molecule has 0 amide bonds. The highest BCUT2D eigenvalue weighted by molar-refractivity contribution is 5.88. The number of aromatic carboxylic acids is 1. The van der Waals surface area contributed by atoms with E-state index < -0.39 is 18.9 Å². The van der Waals surface area contributed by atoms with Crippen molar-refractivity contribution in [3.63, 3.8) is 0 Å². The maximum absolute atomic E-state index is 11.0. The lowest BCUT2D eigenvalue weighted by atomic mass is 10.0. The summed E-state index contributed by atoms with van der Waals surface area (Å²) in [5.74, 6) is -1.29. The van der Waals surface area contributed by atoms with Gasteiger partial charge in [0.15, 0.2) is 0 Å². The van der Waals surface area contributed by atoms with Crippen LogP contribution < -0.4 is 0 Å². The summed E-state index contributed by atoms with van der Waals surface area (Å²) in [7, 11) is 0. The molecule has 5 nitrogen and oxygen atoms in total. The fourth-order valence-corrected chi connectivity index (χ4v) is 1.47. The van der Waals surface area contributed by atoms with Crippen LogP contribution in [0.15, 0.2) is 36.7 Å². The van der Waals surface area contributed by atoms with Gasteiger partial charge in [0.05, 0.1) is 18.7 Å². The first-order chi connectivity index (χ1) is 9.64. The third-order valence-corrected chi connectivity index (χ3v) is 2.25. The molecule has 0 saturated carbocycles. The van der Waals surface area contributed by atoms with Gasteiger partial charge in [0.1, 0.15) is 0 Å². The predicted molar refractivity (Wildman–Crippen MR) is 61.2 cm³/mol. The topological polar surface area (TPSA) is 75.3 Å². The van der Waals surface area contributed by atoms with Crippen LogP contribution >= 0.6 is 0 Å². The number of carboxylic acid groups (broad SMARTS) is 1. The maximum Gasteiger partial charge on any atom is 0.335 e. The minimum absolute atomic E-state index is 0.124. The van der Waals surface area contributed by atoms with Crippen molar-refractivity contribution >= 4 is 5.97 Å². The molecule has 2 aromatic rings. The Hall–Kier alpha value is -2.14. The largest absolute Gasteiger partial charge is 0.478 e. The van der Waals surface area contributed by atoms with Crippen LogP contribution in [0.5, 0.6) is 0 Å². The smallest absolute Gasteiger partial charge is 0.335 e. The van der Waals surface area contributed by atoms with E-state index >= 15 is 0 Å². The Morgan fingerprint density at radius 1 is 1.65 bits per heavy atom. The fourth-order valence-electron chi connectivity index (χ4n) is 1.47. The minimum Gasteiger partial charge on any atom is -0.478 e. The van der Waals surface area contributed by atoms with Gasteiger partial charge in [0.25, 0.3) is 0 Å². The summed E-state index contributed by atoms with van der Waals surface area (Å²) in [4.78, 5) is 11.0. The van der Waals surface area contributed by atoms with Gasteiger partial charge in [-0.05, 0) is 31.1 Å². The number of aliphatic hydroxyl groups is 1. The highest BCUT2D eigenvalue weighted by atomic mass is 16.4. The molecular weight excluding hydrogens is 220 g/mol. The molecule has 88 valence electrons. The molecule has 0 aliphatic heterocycles. The molecule has 1 aromatic heterocycles. The van der Waals surface area contributed by atoms with Crippen molar-refractivity contribution in [3.8, 4) is 5.69 Å². The number of carboxylic acids is 1. The van der Waals surface area contributed by atoms with Crippen LogP contribution in [0.1, 0.15) is 34.3 Å². The quantitative estimate of drug-likeness (QED) is 0.849. The van der Waals surface area contributed by atoms with E-state index in [1.807, 2.05) is 0 Å². The Balaban J connectivity index is 2.71. The highest BCUT2D eigenvalue weighted by Crippen LogP contribution is 2.22. The van der Waals surface area contributed by atoms with Crippen LogP contribution in [0.2, 0.25) is 0 Å². The molecule has 0 bridgehead atoms. The molecule has 0 aliphatic rings. The van der Waals surface area contributed by atoms with E-state index in [9.17, 15) is 9.90 Å². The summed E-state index contributed by atoms with van der Waals surface area (Å²) >= 11 is 0. The van der Waals surface area contributed by atoms with E-state index in [2.05, 4.69) is 5.10 Å². The Labute approximate surface area is 104 Å². The second-order valence-electron chi connectivity index (χ2n) is 3.34. The van der Waals surface area contributed by atoms with Crippen molar-refractivity contribution in [2.24, 2.45) is 0 Å². The van der Waals surface area contributed by atoms with Crippen molar-refractivity contribution in [2.45, 2.75) is 12.9 Å². The Kier molecular flexibility index (Phi) is 1.87. The molecule has 5 heteroatoms. The van der Waals surface area contributed by atoms with Gasteiger partial charge in [0.2, 0.25) is 0 Å². The molecule has 0 radical (unpaired) electrons. The van der Waals surface area contributed by atoms with Gasteiger partial charge >= 0.3 is 5.97 Å². The van der Waals surface area contributed by atoms with Crippen molar-refractivity contribution in [2.75, 3.05) is 0 Å². The van der Waals surface area contributed by atoms with Gasteiger partial charge in [-0.2, -0.15) is 5.10 Å². The molecule has 0 fully saturated rings. The number of aromatic nitrogens is 2. The van der Waals surface area contributed by atoms with E-state index in [1.165, 1.54) is 29.2 Å². The lowest BCUT2D eigenvalue weighted by Gasteiger charge is -2.12. The zero-order chi connectivity index (χ0) is 15.8. The SMILES string of the molecule is [2H]C([2H])([2H])C([2H])(O)c1cc(C(=O)O)ccc1-n1cccn1. The summed E-state index contributed by atoms with van der Waals surface area (Å²) in [6.45, 7) is -3.05. The van der Waals surface area contributed by atoms with Crippen LogP contribution in [0.25, 0.3) is 5.69 Å². The zero-order valence-electron chi connectivity index (χ0n) is 12.7. The van der Waals surface area contributed by atoms with Crippen LogP contribution in [-0.4, -0.2) is 26.0 Å². The van der Waals surface area contributed by atoms with E-state index in [0.29, 0.717) is 0 Å². The summed E-state index contributed by atoms with van der Waals surface area (Å²) in [5.41, 5.74) is -0.458. The summed E-state index contributed by atoms with van der Waals surface area (Å²) in [6, 6.07) is 5.10. The first-order valence-electron chi connectivity index (χ1n) is 6.75. The third-order valence-electron chi connectivity index (χ3n) is 2.25. The lowest BCUT2D eigenvalue weighted by Crippen LogP contribution is -2.06. The number of benzene rings is 1. The molecule has 0 saturated heterocycles. The maximum atomic E-state index is 11.0. The molecule has 1 atom stereocenters. The zero-order valence-corrected chi connectivity index (χ0v) is 8.66. The van der Waals surface area contributed by atoms with Gasteiger partial charge in [-0.15, -0.1) is 0 Å². The van der Waals surface area contributed by atoms with Gasteiger partial charge in [-0.1, -0.05) is 0 Å². The van der Waals surface area contributed by atoms with Gasteiger partial charge < -0.3 is 10.2 Å². The van der Waals surface area contributed by atoms with Crippen molar-refractivity contribution < 1.29 is 20.5 Å². The van der Waals surface area contributed by atoms with Crippen LogP contribution in [0.4, 0.5) is 0 Å². The first-order valence-corrected chi connectivity index (χ1v) is 4.75. The monoisotopic (exact) mass is 236 g/mol. The first kappa shape index (κ1) is 7.24. The molecule has 1 heterocycles. The van der Waals surface area contributed by atoms with Crippen molar-refractivity contribution in [3.05, 3.63) is 47.8 Å². The normalized spacial score (nSPS) is 18.4. The second kappa shape index (κ2) is 4.39. The summed E-state index contributed by atoms with van der Waals surface area (Å²) < 4.78 is 30.9. The third kappa shape index (κ3) is 2.19. The van der Waals surface area contributed by atoms with Crippen LogP contribution in [-0.2, 0) is 0 Å². The predicted octanol–water partition coefficient (Wildman–Crippen LogP) is 1.62. The van der Waals surface area contributed by atoms with Crippen molar-refractivity contribution in [1.29, 1.82) is 0 Å². The summed E-state index contributed by atoms with van der Waals surface area (Å²) in [6.07, 6.45) is -0.0260. The average molecular weight is 236 g/mol. The molecule has 1 aromatic carbocycles. The average Bonchev–Trinajstić information content (AvgIpc) is 2.90. The number of nitrogens with zero attached hydrogens (tertiary/aromatic N) is 2. The van der Waals surface area contributed by atoms with E-state index in [4.69, 9.17) is 10.6 Å². The Morgan fingerprint density at radius 2 is 2.47 bits per heavy atom. The molecule has 2 rings (SSSR count). The highest BCUT2D eigenvalue weighted by Gasteiger charge is 2.13. The molecule has 2 N–H and O–H groups in total. The standard InChI is InChI=1S/C12H12N2O3/c1-8(15)10-7-9(12(16)17)3-4-11(10)14-6-2-5-13-14/h2-8,15H,1H3,(H,16,17)/i1D3,8D.